The minimum atomic E-state index is -0.302. The standard InChI is InChI=1S/C14H27NO2/c1-3-4-5-9-14(17)15-10-7-6-8-13(15)11-12(2)16/h12-13,16H,3-11H2,1-2H3. The maximum Gasteiger partial charge on any atom is 0.222 e. The van der Waals surface area contributed by atoms with E-state index in [9.17, 15) is 9.90 Å². The first-order chi connectivity index (χ1) is 8.15. The number of likely N-dealkylation sites (tertiary alicyclic amines) is 1. The van der Waals surface area contributed by atoms with Crippen molar-refractivity contribution in [3.05, 3.63) is 0 Å². The fourth-order valence-electron chi connectivity index (χ4n) is 2.64. The largest absolute Gasteiger partial charge is 0.393 e. The van der Waals surface area contributed by atoms with Crippen LogP contribution >= 0.6 is 0 Å². The number of nitrogens with zero attached hydrogens (tertiary/aromatic N) is 1. The van der Waals surface area contributed by atoms with Crippen molar-refractivity contribution in [3.63, 3.8) is 0 Å². The molecule has 1 saturated heterocycles. The molecule has 0 spiro atoms. The summed E-state index contributed by atoms with van der Waals surface area (Å²) in [5, 5.41) is 9.48. The smallest absolute Gasteiger partial charge is 0.222 e. The highest BCUT2D eigenvalue weighted by Crippen LogP contribution is 2.22. The SMILES string of the molecule is CCCCCC(=O)N1CCCCC1CC(C)O. The molecule has 1 N–H and O–H groups in total. The predicted molar refractivity (Wildman–Crippen MR) is 69.8 cm³/mol. The molecule has 0 aromatic rings. The number of carbonyl (C=O) groups excluding carboxylic acids is 1. The third kappa shape index (κ3) is 5.07. The Labute approximate surface area is 105 Å². The van der Waals surface area contributed by atoms with E-state index in [1.165, 1.54) is 6.42 Å². The van der Waals surface area contributed by atoms with E-state index in [2.05, 4.69) is 6.92 Å². The van der Waals surface area contributed by atoms with E-state index in [1.54, 1.807) is 0 Å². The van der Waals surface area contributed by atoms with Crippen LogP contribution in [0.3, 0.4) is 0 Å². The minimum absolute atomic E-state index is 0.276. The van der Waals surface area contributed by atoms with Gasteiger partial charge in [-0.25, -0.2) is 0 Å². The van der Waals surface area contributed by atoms with Crippen molar-refractivity contribution in [2.75, 3.05) is 6.54 Å². The molecule has 0 aliphatic carbocycles. The van der Waals surface area contributed by atoms with Crippen molar-refractivity contribution in [3.8, 4) is 0 Å². The molecule has 1 aliphatic heterocycles. The van der Waals surface area contributed by atoms with Gasteiger partial charge < -0.3 is 10.0 Å². The van der Waals surface area contributed by atoms with Gasteiger partial charge in [0.25, 0.3) is 0 Å². The third-order valence-corrected chi connectivity index (χ3v) is 3.55. The molecule has 2 atom stereocenters. The van der Waals surface area contributed by atoms with Crippen LogP contribution in [0.1, 0.15) is 65.2 Å². The second kappa shape index (κ2) is 7.70. The molecule has 100 valence electrons. The first-order valence-electron chi connectivity index (χ1n) is 7.12. The van der Waals surface area contributed by atoms with E-state index in [0.29, 0.717) is 12.3 Å². The zero-order valence-electron chi connectivity index (χ0n) is 11.3. The number of carbonyl (C=O) groups is 1. The highest BCUT2D eigenvalue weighted by Gasteiger charge is 2.26. The molecule has 17 heavy (non-hydrogen) atoms. The lowest BCUT2D eigenvalue weighted by Gasteiger charge is -2.36. The normalized spacial score (nSPS) is 22.5. The minimum Gasteiger partial charge on any atom is -0.393 e. The maximum atomic E-state index is 12.1. The number of hydrogen-bond donors (Lipinski definition) is 1. The van der Waals surface area contributed by atoms with Gasteiger partial charge in [0.1, 0.15) is 0 Å². The van der Waals surface area contributed by atoms with Crippen LogP contribution < -0.4 is 0 Å². The van der Waals surface area contributed by atoms with Crippen LogP contribution in [0.15, 0.2) is 0 Å². The molecule has 3 heteroatoms. The molecule has 1 amide bonds. The molecule has 0 radical (unpaired) electrons. The van der Waals surface area contributed by atoms with Gasteiger partial charge in [0, 0.05) is 19.0 Å². The van der Waals surface area contributed by atoms with Crippen LogP contribution in [0, 0.1) is 0 Å². The first-order valence-corrected chi connectivity index (χ1v) is 7.12. The monoisotopic (exact) mass is 241 g/mol. The molecule has 2 unspecified atom stereocenters. The molecular weight excluding hydrogens is 214 g/mol. The van der Waals surface area contributed by atoms with Crippen molar-refractivity contribution in [2.45, 2.75) is 77.4 Å². The molecule has 1 aliphatic rings. The number of amides is 1. The van der Waals surface area contributed by atoms with Gasteiger partial charge in [-0.05, 0) is 39.0 Å². The Bertz CT molecular complexity index is 228. The second-order valence-electron chi connectivity index (χ2n) is 5.28. The van der Waals surface area contributed by atoms with E-state index in [1.807, 2.05) is 11.8 Å². The molecule has 0 saturated carbocycles. The van der Waals surface area contributed by atoms with Crippen molar-refractivity contribution in [2.24, 2.45) is 0 Å². The first kappa shape index (κ1) is 14.5. The molecule has 1 rings (SSSR count). The topological polar surface area (TPSA) is 40.5 Å². The number of hydrogen-bond acceptors (Lipinski definition) is 2. The summed E-state index contributed by atoms with van der Waals surface area (Å²) < 4.78 is 0. The summed E-state index contributed by atoms with van der Waals surface area (Å²) in [6, 6.07) is 0.276. The molecule has 1 heterocycles. The summed E-state index contributed by atoms with van der Waals surface area (Å²) >= 11 is 0. The Morgan fingerprint density at radius 2 is 2.18 bits per heavy atom. The molecule has 0 aromatic carbocycles. The summed E-state index contributed by atoms with van der Waals surface area (Å²) in [6.45, 7) is 4.86. The fourth-order valence-corrected chi connectivity index (χ4v) is 2.64. The average molecular weight is 241 g/mol. The van der Waals surface area contributed by atoms with Gasteiger partial charge in [-0.2, -0.15) is 0 Å². The van der Waals surface area contributed by atoms with Gasteiger partial charge in [0.05, 0.1) is 6.10 Å². The summed E-state index contributed by atoms with van der Waals surface area (Å²) in [5.41, 5.74) is 0. The summed E-state index contributed by atoms with van der Waals surface area (Å²) in [4.78, 5) is 14.1. The quantitative estimate of drug-likeness (QED) is 0.726. The number of rotatable bonds is 6. The number of unbranched alkanes of at least 4 members (excludes halogenated alkanes) is 2. The summed E-state index contributed by atoms with van der Waals surface area (Å²) in [5.74, 6) is 0.295. The van der Waals surface area contributed by atoms with Gasteiger partial charge in [0.15, 0.2) is 0 Å². The Kier molecular flexibility index (Phi) is 6.56. The molecular formula is C14H27NO2. The lowest BCUT2D eigenvalue weighted by molar-refractivity contribution is -0.135. The van der Waals surface area contributed by atoms with E-state index >= 15 is 0 Å². The van der Waals surface area contributed by atoms with Gasteiger partial charge >= 0.3 is 0 Å². The zero-order chi connectivity index (χ0) is 12.7. The number of aliphatic hydroxyl groups is 1. The van der Waals surface area contributed by atoms with E-state index in [4.69, 9.17) is 0 Å². The third-order valence-electron chi connectivity index (χ3n) is 3.55. The lowest BCUT2D eigenvalue weighted by Crippen LogP contribution is -2.44. The highest BCUT2D eigenvalue weighted by atomic mass is 16.3. The average Bonchev–Trinajstić information content (AvgIpc) is 2.29. The molecule has 1 fully saturated rings. The van der Waals surface area contributed by atoms with Gasteiger partial charge in [0.2, 0.25) is 5.91 Å². The van der Waals surface area contributed by atoms with E-state index in [0.717, 1.165) is 45.1 Å². The van der Waals surface area contributed by atoms with Crippen LogP contribution in [-0.4, -0.2) is 34.6 Å². The second-order valence-corrected chi connectivity index (χ2v) is 5.28. The maximum absolute atomic E-state index is 12.1. The van der Waals surface area contributed by atoms with E-state index in [-0.39, 0.29) is 12.1 Å². The van der Waals surface area contributed by atoms with Crippen LogP contribution in [0.25, 0.3) is 0 Å². The van der Waals surface area contributed by atoms with Crippen molar-refractivity contribution in [1.29, 1.82) is 0 Å². The van der Waals surface area contributed by atoms with Gasteiger partial charge in [-0.15, -0.1) is 0 Å². The Morgan fingerprint density at radius 1 is 1.41 bits per heavy atom. The van der Waals surface area contributed by atoms with E-state index < -0.39 is 0 Å². The van der Waals surface area contributed by atoms with Crippen LogP contribution in [0.2, 0.25) is 0 Å². The number of aliphatic hydroxyl groups excluding tert-OH is 1. The zero-order valence-corrected chi connectivity index (χ0v) is 11.3. The summed E-state index contributed by atoms with van der Waals surface area (Å²) in [6.07, 6.45) is 7.79. The van der Waals surface area contributed by atoms with Crippen LogP contribution in [-0.2, 0) is 4.79 Å². The van der Waals surface area contributed by atoms with Crippen molar-refractivity contribution < 1.29 is 9.90 Å². The van der Waals surface area contributed by atoms with Gasteiger partial charge in [-0.3, -0.25) is 4.79 Å². The van der Waals surface area contributed by atoms with Crippen molar-refractivity contribution >= 4 is 5.91 Å². The Hall–Kier alpha value is -0.570. The predicted octanol–water partition coefficient (Wildman–Crippen LogP) is 2.72. The fraction of sp³-hybridized carbons (Fsp3) is 0.929. The van der Waals surface area contributed by atoms with Gasteiger partial charge in [-0.1, -0.05) is 19.8 Å². The number of piperidine rings is 1. The molecule has 0 aromatic heterocycles. The Balaban J connectivity index is 2.43. The highest BCUT2D eigenvalue weighted by molar-refractivity contribution is 5.76. The summed E-state index contributed by atoms with van der Waals surface area (Å²) in [7, 11) is 0. The lowest BCUT2D eigenvalue weighted by atomic mass is 9.96. The Morgan fingerprint density at radius 3 is 2.82 bits per heavy atom. The molecule has 3 nitrogen and oxygen atoms in total. The van der Waals surface area contributed by atoms with Crippen molar-refractivity contribution in [1.82, 2.24) is 4.90 Å². The van der Waals surface area contributed by atoms with Crippen LogP contribution in [0.5, 0.6) is 0 Å². The molecule has 0 bridgehead atoms. The van der Waals surface area contributed by atoms with Crippen LogP contribution in [0.4, 0.5) is 0 Å².